The predicted molar refractivity (Wildman–Crippen MR) is 33.6 cm³/mol. The zero-order chi connectivity index (χ0) is 6.78. The highest BCUT2D eigenvalue weighted by Gasteiger charge is 2.07. The van der Waals surface area contributed by atoms with Gasteiger partial charge >= 0.3 is 0 Å². The Morgan fingerprint density at radius 1 is 1.62 bits per heavy atom. The molecule has 0 saturated heterocycles. The van der Waals surface area contributed by atoms with Crippen LogP contribution >= 0.6 is 10.8 Å². The van der Waals surface area contributed by atoms with Crippen LogP contribution in [0.4, 0.5) is 0 Å². The van der Waals surface area contributed by atoms with Crippen molar-refractivity contribution in [2.75, 3.05) is 5.75 Å². The Bertz CT molecular complexity index is 69.4. The first-order valence-electron chi connectivity index (χ1n) is 2.13. The van der Waals surface area contributed by atoms with Crippen molar-refractivity contribution in [3.63, 3.8) is 0 Å². The summed E-state index contributed by atoms with van der Waals surface area (Å²) in [5.41, 5.74) is 0. The zero-order valence-corrected chi connectivity index (χ0v) is 5.43. The lowest BCUT2D eigenvalue weighted by molar-refractivity contribution is 0.215. The first kappa shape index (κ1) is 8.19. The van der Waals surface area contributed by atoms with Crippen molar-refractivity contribution >= 4 is 10.8 Å². The Labute approximate surface area is 49.8 Å². The quantitative estimate of drug-likeness (QED) is 0.435. The molecule has 5 N–H and O–H groups in total. The highest BCUT2D eigenvalue weighted by atomic mass is 32.3. The van der Waals surface area contributed by atoms with Gasteiger partial charge in [-0.2, -0.15) is 0 Å². The topological polar surface area (TPSA) is 86.7 Å². The van der Waals surface area contributed by atoms with Gasteiger partial charge in [-0.3, -0.25) is 9.11 Å². The van der Waals surface area contributed by atoms with E-state index in [1.165, 1.54) is 6.92 Å². The monoisotopic (exact) mass is 141 g/mol. The minimum absolute atomic E-state index is 0.146. The fourth-order valence-corrected chi connectivity index (χ4v) is 1.06. The Balaban J connectivity index is 3.39. The van der Waals surface area contributed by atoms with E-state index in [0.717, 1.165) is 0 Å². The molecule has 0 aromatic heterocycles. The van der Waals surface area contributed by atoms with Crippen LogP contribution in [0.3, 0.4) is 0 Å². The third-order valence-electron chi connectivity index (χ3n) is 0.486. The second kappa shape index (κ2) is 2.65. The van der Waals surface area contributed by atoms with Crippen LogP contribution in [0, 0.1) is 0 Å². The molecule has 5 heteroatoms. The Kier molecular flexibility index (Phi) is 2.72. The van der Waals surface area contributed by atoms with Crippen LogP contribution in [0.25, 0.3) is 0 Å². The number of hydrogen-bond donors (Lipinski definition) is 4. The van der Waals surface area contributed by atoms with Gasteiger partial charge in [0, 0.05) is 0 Å². The van der Waals surface area contributed by atoms with Crippen LogP contribution in [0.5, 0.6) is 0 Å². The summed E-state index contributed by atoms with van der Waals surface area (Å²) in [4.78, 5) is 0. The molecule has 1 unspecified atom stereocenters. The molecule has 0 aliphatic heterocycles. The average Bonchev–Trinajstić information content (AvgIpc) is 1.21. The number of nitrogens with two attached hydrogens (primary N) is 1. The van der Waals surface area contributed by atoms with Crippen LogP contribution in [0.1, 0.15) is 6.92 Å². The van der Waals surface area contributed by atoms with Crippen molar-refractivity contribution in [2.24, 2.45) is 5.14 Å². The SMILES string of the molecule is CC(O)CS(N)(O)O. The van der Waals surface area contributed by atoms with Crippen molar-refractivity contribution in [3.8, 4) is 0 Å². The Morgan fingerprint density at radius 3 is 2.00 bits per heavy atom. The summed E-state index contributed by atoms with van der Waals surface area (Å²) in [5, 5.41) is 13.3. The third kappa shape index (κ3) is 6.19. The van der Waals surface area contributed by atoms with E-state index in [1.807, 2.05) is 0 Å². The minimum Gasteiger partial charge on any atom is -0.392 e. The molecular formula is C3H11NO3S. The van der Waals surface area contributed by atoms with Crippen LogP contribution in [-0.4, -0.2) is 26.1 Å². The summed E-state index contributed by atoms with van der Waals surface area (Å²) in [5.74, 6) is -0.146. The normalized spacial score (nSPS) is 18.1. The van der Waals surface area contributed by atoms with Gasteiger partial charge in [0.25, 0.3) is 0 Å². The lowest BCUT2D eigenvalue weighted by Gasteiger charge is -2.26. The predicted octanol–water partition coefficient (Wildman–Crippen LogP) is -0.00850. The molecule has 0 fully saturated rings. The molecule has 0 radical (unpaired) electrons. The van der Waals surface area contributed by atoms with Crippen LogP contribution in [-0.2, 0) is 0 Å². The van der Waals surface area contributed by atoms with Gasteiger partial charge in [-0.15, -0.1) is 10.8 Å². The molecule has 4 nitrogen and oxygen atoms in total. The van der Waals surface area contributed by atoms with Crippen LogP contribution in [0.2, 0.25) is 0 Å². The number of rotatable bonds is 2. The van der Waals surface area contributed by atoms with Gasteiger partial charge in [0.15, 0.2) is 0 Å². The lowest BCUT2D eigenvalue weighted by atomic mass is 10.5. The smallest absolute Gasteiger partial charge is 0.0782 e. The van der Waals surface area contributed by atoms with Crippen LogP contribution < -0.4 is 5.14 Å². The van der Waals surface area contributed by atoms with E-state index in [2.05, 4.69) is 0 Å². The van der Waals surface area contributed by atoms with Crippen molar-refractivity contribution in [1.82, 2.24) is 0 Å². The minimum atomic E-state index is -2.97. The summed E-state index contributed by atoms with van der Waals surface area (Å²) in [7, 11) is -2.97. The summed E-state index contributed by atoms with van der Waals surface area (Å²) >= 11 is 0. The van der Waals surface area contributed by atoms with E-state index in [1.54, 1.807) is 0 Å². The van der Waals surface area contributed by atoms with E-state index < -0.39 is 16.9 Å². The molecule has 0 aliphatic carbocycles. The van der Waals surface area contributed by atoms with Crippen molar-refractivity contribution in [3.05, 3.63) is 0 Å². The molecule has 8 heavy (non-hydrogen) atoms. The van der Waals surface area contributed by atoms with Crippen molar-refractivity contribution in [1.29, 1.82) is 0 Å². The van der Waals surface area contributed by atoms with E-state index in [4.69, 9.17) is 19.4 Å². The molecule has 0 aromatic rings. The molecule has 52 valence electrons. The maximum absolute atomic E-state index is 8.51. The van der Waals surface area contributed by atoms with Crippen LogP contribution in [0.15, 0.2) is 0 Å². The molecule has 0 heterocycles. The fraction of sp³-hybridized carbons (Fsp3) is 1.00. The zero-order valence-electron chi connectivity index (χ0n) is 4.61. The van der Waals surface area contributed by atoms with E-state index in [0.29, 0.717) is 0 Å². The highest BCUT2D eigenvalue weighted by molar-refractivity contribution is 8.22. The standard InChI is InChI=1S/C3H11NO3S/c1-3(5)2-8(4,6)7/h3,5-7H,2,4H2,1H3. The van der Waals surface area contributed by atoms with Gasteiger partial charge in [-0.25, -0.2) is 5.14 Å². The van der Waals surface area contributed by atoms with E-state index in [9.17, 15) is 0 Å². The van der Waals surface area contributed by atoms with Gasteiger partial charge in [0.1, 0.15) is 0 Å². The molecule has 0 saturated carbocycles. The number of hydrogen-bond acceptors (Lipinski definition) is 4. The first-order valence-corrected chi connectivity index (χ1v) is 3.91. The maximum atomic E-state index is 8.51. The van der Waals surface area contributed by atoms with E-state index >= 15 is 0 Å². The summed E-state index contributed by atoms with van der Waals surface area (Å²) in [6.45, 7) is 1.45. The average molecular weight is 141 g/mol. The summed E-state index contributed by atoms with van der Waals surface area (Å²) < 4.78 is 16.9. The summed E-state index contributed by atoms with van der Waals surface area (Å²) in [6.07, 6.45) is -0.745. The molecule has 1 atom stereocenters. The second-order valence-corrected chi connectivity index (χ2v) is 3.50. The number of aliphatic hydroxyl groups excluding tert-OH is 1. The third-order valence-corrected chi connectivity index (χ3v) is 1.46. The molecule has 0 aliphatic rings. The fourth-order valence-electron chi connectivity index (χ4n) is 0.355. The van der Waals surface area contributed by atoms with Gasteiger partial charge in [0.05, 0.1) is 11.9 Å². The first-order chi connectivity index (χ1) is 3.42. The number of aliphatic hydroxyl groups is 1. The van der Waals surface area contributed by atoms with E-state index in [-0.39, 0.29) is 5.75 Å². The second-order valence-electron chi connectivity index (χ2n) is 1.73. The lowest BCUT2D eigenvalue weighted by Crippen LogP contribution is -2.20. The molecule has 0 aromatic carbocycles. The van der Waals surface area contributed by atoms with Gasteiger partial charge < -0.3 is 5.11 Å². The molecule has 0 spiro atoms. The Morgan fingerprint density at radius 2 is 2.00 bits per heavy atom. The molecular weight excluding hydrogens is 130 g/mol. The molecule has 0 amide bonds. The van der Waals surface area contributed by atoms with Gasteiger partial charge in [0.2, 0.25) is 0 Å². The molecule has 0 bridgehead atoms. The van der Waals surface area contributed by atoms with Crippen molar-refractivity contribution < 1.29 is 14.2 Å². The van der Waals surface area contributed by atoms with Crippen molar-refractivity contribution in [2.45, 2.75) is 13.0 Å². The highest BCUT2D eigenvalue weighted by Crippen LogP contribution is 2.27. The largest absolute Gasteiger partial charge is 0.392 e. The maximum Gasteiger partial charge on any atom is 0.0782 e. The van der Waals surface area contributed by atoms with Gasteiger partial charge in [-0.1, -0.05) is 0 Å². The molecule has 0 rings (SSSR count). The Hall–Kier alpha value is 0.190. The summed E-state index contributed by atoms with van der Waals surface area (Å²) in [6, 6.07) is 0. The van der Waals surface area contributed by atoms with Gasteiger partial charge in [-0.05, 0) is 6.92 Å².